The third-order valence-electron chi connectivity index (χ3n) is 4.32. The Bertz CT molecular complexity index is 563. The monoisotopic (exact) mass is 302 g/mol. The molecule has 22 heavy (non-hydrogen) atoms. The van der Waals surface area contributed by atoms with Crippen molar-refractivity contribution in [1.29, 1.82) is 0 Å². The molecule has 0 atom stereocenters. The summed E-state index contributed by atoms with van der Waals surface area (Å²) in [6.45, 7) is 0.000692. The number of amides is 2. The van der Waals surface area contributed by atoms with Gasteiger partial charge >= 0.3 is 0 Å². The summed E-state index contributed by atoms with van der Waals surface area (Å²) in [5, 5.41) is 5.86. The highest BCUT2D eigenvalue weighted by Crippen LogP contribution is 2.28. The highest BCUT2D eigenvalue weighted by molar-refractivity contribution is 5.99. The third-order valence-corrected chi connectivity index (χ3v) is 4.32. The minimum atomic E-state index is -0.167. The first kappa shape index (κ1) is 14.9. The minimum Gasteiger partial charge on any atom is -0.482 e. The number of fused-ring (bicyclic) bond motifs is 1. The van der Waals surface area contributed by atoms with Gasteiger partial charge in [0.05, 0.1) is 5.69 Å². The number of anilines is 1. The Morgan fingerprint density at radius 2 is 1.86 bits per heavy atom. The Morgan fingerprint density at radius 3 is 2.64 bits per heavy atom. The number of nitrogens with one attached hydrogen (secondary N) is 2. The predicted molar refractivity (Wildman–Crippen MR) is 84.1 cm³/mol. The van der Waals surface area contributed by atoms with E-state index >= 15 is 0 Å². The number of ether oxygens (including phenoxy) is 1. The van der Waals surface area contributed by atoms with Crippen LogP contribution in [0.15, 0.2) is 18.2 Å². The Kier molecular flexibility index (Phi) is 4.61. The Balaban J connectivity index is 1.65. The zero-order valence-electron chi connectivity index (χ0n) is 12.7. The van der Waals surface area contributed by atoms with E-state index in [4.69, 9.17) is 4.74 Å². The van der Waals surface area contributed by atoms with Crippen LogP contribution in [0.5, 0.6) is 5.75 Å². The molecule has 2 amide bonds. The van der Waals surface area contributed by atoms with Crippen molar-refractivity contribution in [2.24, 2.45) is 0 Å². The summed E-state index contributed by atoms with van der Waals surface area (Å²) >= 11 is 0. The first-order valence-electron chi connectivity index (χ1n) is 8.10. The smallest absolute Gasteiger partial charge is 0.262 e. The topological polar surface area (TPSA) is 67.4 Å². The number of rotatable bonds is 2. The zero-order valence-corrected chi connectivity index (χ0v) is 12.7. The van der Waals surface area contributed by atoms with Crippen molar-refractivity contribution in [2.45, 2.75) is 51.0 Å². The lowest BCUT2D eigenvalue weighted by Crippen LogP contribution is -2.35. The third kappa shape index (κ3) is 3.59. The molecule has 1 fully saturated rings. The van der Waals surface area contributed by atoms with E-state index < -0.39 is 0 Å². The molecule has 0 saturated heterocycles. The molecule has 0 unspecified atom stereocenters. The van der Waals surface area contributed by atoms with Gasteiger partial charge in [-0.15, -0.1) is 0 Å². The summed E-state index contributed by atoms with van der Waals surface area (Å²) in [6.07, 6.45) is 8.33. The van der Waals surface area contributed by atoms with Crippen molar-refractivity contribution in [3.05, 3.63) is 23.8 Å². The number of benzene rings is 1. The van der Waals surface area contributed by atoms with Crippen molar-refractivity contribution < 1.29 is 14.3 Å². The summed E-state index contributed by atoms with van der Waals surface area (Å²) in [7, 11) is 0. The molecule has 0 spiro atoms. The lowest BCUT2D eigenvalue weighted by atomic mass is 9.96. The van der Waals surface area contributed by atoms with Crippen molar-refractivity contribution in [3.63, 3.8) is 0 Å². The summed E-state index contributed by atoms with van der Waals surface area (Å²) in [4.78, 5) is 23.7. The van der Waals surface area contributed by atoms with E-state index in [1.807, 2.05) is 0 Å². The molecular weight excluding hydrogens is 280 g/mol. The van der Waals surface area contributed by atoms with Crippen molar-refractivity contribution in [2.75, 3.05) is 11.9 Å². The number of carbonyl (C=O) groups excluding carboxylic acids is 2. The minimum absolute atomic E-state index is 0.000692. The molecule has 118 valence electrons. The normalized spacial score (nSPS) is 19.2. The molecule has 0 aromatic heterocycles. The summed E-state index contributed by atoms with van der Waals surface area (Å²) in [5.41, 5.74) is 1.20. The van der Waals surface area contributed by atoms with Crippen molar-refractivity contribution in [3.8, 4) is 5.75 Å². The van der Waals surface area contributed by atoms with Gasteiger partial charge in [0.1, 0.15) is 5.75 Å². The molecule has 0 radical (unpaired) electrons. The van der Waals surface area contributed by atoms with Gasteiger partial charge in [0.15, 0.2) is 6.61 Å². The molecule has 1 aliphatic heterocycles. The lowest BCUT2D eigenvalue weighted by molar-refractivity contribution is -0.118. The van der Waals surface area contributed by atoms with Crippen molar-refractivity contribution >= 4 is 17.5 Å². The molecule has 1 aromatic carbocycles. The van der Waals surface area contributed by atoms with E-state index in [0.29, 0.717) is 17.0 Å². The molecule has 1 aliphatic carbocycles. The van der Waals surface area contributed by atoms with Crippen LogP contribution in [0.25, 0.3) is 0 Å². The van der Waals surface area contributed by atoms with Gasteiger partial charge in [0, 0.05) is 11.6 Å². The maximum absolute atomic E-state index is 12.4. The van der Waals surface area contributed by atoms with Crippen LogP contribution in [0, 0.1) is 0 Å². The molecule has 3 rings (SSSR count). The van der Waals surface area contributed by atoms with Crippen molar-refractivity contribution in [1.82, 2.24) is 5.32 Å². The quantitative estimate of drug-likeness (QED) is 0.882. The van der Waals surface area contributed by atoms with Crippen LogP contribution in [0.3, 0.4) is 0 Å². The maximum atomic E-state index is 12.4. The molecule has 5 nitrogen and oxygen atoms in total. The number of carbonyl (C=O) groups is 2. The second-order valence-electron chi connectivity index (χ2n) is 6.06. The Morgan fingerprint density at radius 1 is 1.14 bits per heavy atom. The zero-order chi connectivity index (χ0) is 15.4. The van der Waals surface area contributed by atoms with Gasteiger partial charge in [-0.3, -0.25) is 9.59 Å². The maximum Gasteiger partial charge on any atom is 0.262 e. The van der Waals surface area contributed by atoms with Gasteiger partial charge in [0.25, 0.3) is 11.8 Å². The van der Waals surface area contributed by atoms with Gasteiger partial charge in [-0.25, -0.2) is 0 Å². The molecule has 2 N–H and O–H groups in total. The average Bonchev–Trinajstić information content (AvgIpc) is 2.49. The van der Waals surface area contributed by atoms with Crippen LogP contribution in [-0.2, 0) is 4.79 Å². The highest BCUT2D eigenvalue weighted by atomic mass is 16.5. The van der Waals surface area contributed by atoms with Gasteiger partial charge in [-0.2, -0.15) is 0 Å². The summed E-state index contributed by atoms with van der Waals surface area (Å²) in [6, 6.07) is 5.42. The molecule has 5 heteroatoms. The van der Waals surface area contributed by atoms with Crippen LogP contribution in [-0.4, -0.2) is 24.5 Å². The fraction of sp³-hybridized carbons (Fsp3) is 0.529. The van der Waals surface area contributed by atoms with Gasteiger partial charge in [-0.05, 0) is 31.0 Å². The second kappa shape index (κ2) is 6.81. The Labute approximate surface area is 130 Å². The second-order valence-corrected chi connectivity index (χ2v) is 6.06. The largest absolute Gasteiger partial charge is 0.482 e. The van der Waals surface area contributed by atoms with Crippen LogP contribution in [0.1, 0.15) is 55.3 Å². The molecule has 1 saturated carbocycles. The van der Waals surface area contributed by atoms with Gasteiger partial charge in [0.2, 0.25) is 0 Å². The molecule has 1 heterocycles. The number of hydrogen-bond acceptors (Lipinski definition) is 3. The average molecular weight is 302 g/mol. The van der Waals surface area contributed by atoms with Crippen LogP contribution >= 0.6 is 0 Å². The van der Waals surface area contributed by atoms with E-state index in [-0.39, 0.29) is 24.5 Å². The SMILES string of the molecule is O=C1COc2cc(C(=O)NC3CCCCCCC3)ccc2N1. The first-order chi connectivity index (χ1) is 10.7. The first-order valence-corrected chi connectivity index (χ1v) is 8.10. The summed E-state index contributed by atoms with van der Waals surface area (Å²) in [5.74, 6) is 0.331. The number of hydrogen-bond donors (Lipinski definition) is 2. The van der Waals surface area contributed by atoms with E-state index in [0.717, 1.165) is 12.8 Å². The fourth-order valence-electron chi connectivity index (χ4n) is 3.09. The Hall–Kier alpha value is -2.04. The molecule has 2 aliphatic rings. The predicted octanol–water partition coefficient (Wildman–Crippen LogP) is 2.86. The van der Waals surface area contributed by atoms with Gasteiger partial charge in [-0.1, -0.05) is 32.1 Å². The highest BCUT2D eigenvalue weighted by Gasteiger charge is 2.19. The fourth-order valence-corrected chi connectivity index (χ4v) is 3.09. The van der Waals surface area contributed by atoms with Crippen LogP contribution < -0.4 is 15.4 Å². The van der Waals surface area contributed by atoms with E-state index in [9.17, 15) is 9.59 Å². The summed E-state index contributed by atoms with van der Waals surface area (Å²) < 4.78 is 5.36. The van der Waals surface area contributed by atoms with Crippen LogP contribution in [0.4, 0.5) is 5.69 Å². The van der Waals surface area contributed by atoms with Crippen LogP contribution in [0.2, 0.25) is 0 Å². The lowest BCUT2D eigenvalue weighted by Gasteiger charge is -2.22. The van der Waals surface area contributed by atoms with E-state index in [1.165, 1.54) is 32.1 Å². The molecule has 0 bridgehead atoms. The molecular formula is C17H22N2O3. The van der Waals surface area contributed by atoms with E-state index in [1.54, 1.807) is 18.2 Å². The van der Waals surface area contributed by atoms with E-state index in [2.05, 4.69) is 10.6 Å². The molecule has 1 aromatic rings. The standard InChI is InChI=1S/C17H22N2O3/c20-16-11-22-15-10-12(8-9-14(15)19-16)17(21)18-13-6-4-2-1-3-5-7-13/h8-10,13H,1-7,11H2,(H,18,21)(H,19,20). The van der Waals surface area contributed by atoms with Gasteiger partial charge < -0.3 is 15.4 Å².